The Bertz CT molecular complexity index is 691. The van der Waals surface area contributed by atoms with Gasteiger partial charge in [-0.05, 0) is 43.2 Å². The van der Waals surface area contributed by atoms with Gasteiger partial charge in [0.15, 0.2) is 0 Å². The molecule has 1 heterocycles. The van der Waals surface area contributed by atoms with Gasteiger partial charge < -0.3 is 15.1 Å². The lowest BCUT2D eigenvalue weighted by Gasteiger charge is -2.37. The van der Waals surface area contributed by atoms with E-state index in [9.17, 15) is 4.79 Å². The van der Waals surface area contributed by atoms with Crippen molar-refractivity contribution in [3.63, 3.8) is 0 Å². The van der Waals surface area contributed by atoms with Crippen molar-refractivity contribution in [3.05, 3.63) is 59.7 Å². The Morgan fingerprint density at radius 2 is 1.67 bits per heavy atom. The van der Waals surface area contributed by atoms with E-state index in [0.29, 0.717) is 6.54 Å². The van der Waals surface area contributed by atoms with Crippen molar-refractivity contribution < 1.29 is 4.79 Å². The first-order chi connectivity index (χ1) is 11.6. The Balaban J connectivity index is 1.53. The summed E-state index contributed by atoms with van der Waals surface area (Å²) < 4.78 is 0. The fourth-order valence-corrected chi connectivity index (χ4v) is 3.12. The number of hydrogen-bond donors (Lipinski definition) is 1. The number of para-hydroxylation sites is 1. The van der Waals surface area contributed by atoms with E-state index in [1.165, 1.54) is 16.8 Å². The SMILES string of the molecule is Cc1cccc(N2CCN(C(=O)CNc3ccccc3)CC2)c1C. The fourth-order valence-electron chi connectivity index (χ4n) is 3.12. The van der Waals surface area contributed by atoms with Crippen LogP contribution in [0, 0.1) is 13.8 Å². The highest BCUT2D eigenvalue weighted by atomic mass is 16.2. The summed E-state index contributed by atoms with van der Waals surface area (Å²) in [6.45, 7) is 8.02. The van der Waals surface area contributed by atoms with Crippen LogP contribution in [0.1, 0.15) is 11.1 Å². The highest BCUT2D eigenvalue weighted by molar-refractivity contribution is 5.81. The van der Waals surface area contributed by atoms with Crippen LogP contribution in [-0.2, 0) is 4.79 Å². The third-order valence-corrected chi connectivity index (χ3v) is 4.77. The molecule has 4 heteroatoms. The van der Waals surface area contributed by atoms with E-state index < -0.39 is 0 Å². The first kappa shape index (κ1) is 16.4. The maximum Gasteiger partial charge on any atom is 0.241 e. The molecule has 0 atom stereocenters. The molecule has 0 spiro atoms. The van der Waals surface area contributed by atoms with Gasteiger partial charge in [-0.15, -0.1) is 0 Å². The van der Waals surface area contributed by atoms with Gasteiger partial charge in [-0.2, -0.15) is 0 Å². The maximum absolute atomic E-state index is 12.4. The molecular formula is C20H25N3O. The van der Waals surface area contributed by atoms with Crippen LogP contribution in [0.4, 0.5) is 11.4 Å². The van der Waals surface area contributed by atoms with Crippen molar-refractivity contribution in [2.75, 3.05) is 42.9 Å². The molecule has 0 saturated carbocycles. The number of amides is 1. The van der Waals surface area contributed by atoms with Crippen molar-refractivity contribution in [1.82, 2.24) is 4.90 Å². The number of piperazine rings is 1. The van der Waals surface area contributed by atoms with Gasteiger partial charge in [-0.3, -0.25) is 4.79 Å². The first-order valence-electron chi connectivity index (χ1n) is 8.53. The van der Waals surface area contributed by atoms with Crippen molar-refractivity contribution in [1.29, 1.82) is 0 Å². The summed E-state index contributed by atoms with van der Waals surface area (Å²) in [5, 5.41) is 3.20. The Hall–Kier alpha value is -2.49. The summed E-state index contributed by atoms with van der Waals surface area (Å²) in [6.07, 6.45) is 0. The molecule has 4 nitrogen and oxygen atoms in total. The van der Waals surface area contributed by atoms with E-state index in [1.54, 1.807) is 0 Å². The van der Waals surface area contributed by atoms with Gasteiger partial charge in [-0.1, -0.05) is 30.3 Å². The second kappa shape index (κ2) is 7.39. The van der Waals surface area contributed by atoms with Crippen molar-refractivity contribution in [3.8, 4) is 0 Å². The van der Waals surface area contributed by atoms with E-state index >= 15 is 0 Å². The second-order valence-electron chi connectivity index (χ2n) is 6.31. The second-order valence-corrected chi connectivity index (χ2v) is 6.31. The van der Waals surface area contributed by atoms with E-state index in [1.807, 2.05) is 35.2 Å². The molecule has 3 rings (SSSR count). The van der Waals surface area contributed by atoms with Crippen LogP contribution in [0.3, 0.4) is 0 Å². The van der Waals surface area contributed by atoms with Gasteiger partial charge in [-0.25, -0.2) is 0 Å². The van der Waals surface area contributed by atoms with E-state index in [4.69, 9.17) is 0 Å². The van der Waals surface area contributed by atoms with Crippen LogP contribution in [0.15, 0.2) is 48.5 Å². The number of benzene rings is 2. The van der Waals surface area contributed by atoms with Gasteiger partial charge in [0.1, 0.15) is 0 Å². The number of anilines is 2. The molecule has 24 heavy (non-hydrogen) atoms. The first-order valence-corrected chi connectivity index (χ1v) is 8.53. The van der Waals surface area contributed by atoms with Crippen molar-refractivity contribution in [2.24, 2.45) is 0 Å². The monoisotopic (exact) mass is 323 g/mol. The van der Waals surface area contributed by atoms with Crippen LogP contribution in [0.2, 0.25) is 0 Å². The molecule has 1 aliphatic rings. The molecule has 2 aromatic rings. The average Bonchev–Trinajstić information content (AvgIpc) is 2.63. The molecule has 1 fully saturated rings. The van der Waals surface area contributed by atoms with E-state index in [2.05, 4.69) is 42.3 Å². The lowest BCUT2D eigenvalue weighted by molar-refractivity contribution is -0.129. The highest BCUT2D eigenvalue weighted by Gasteiger charge is 2.22. The molecule has 2 aromatic carbocycles. The number of carbonyl (C=O) groups is 1. The smallest absolute Gasteiger partial charge is 0.241 e. The predicted octanol–water partition coefficient (Wildman–Crippen LogP) is 3.06. The molecule has 1 saturated heterocycles. The standard InChI is InChI=1S/C20H25N3O/c1-16-7-6-10-19(17(16)2)22-11-13-23(14-12-22)20(24)15-21-18-8-4-3-5-9-18/h3-10,21H,11-15H2,1-2H3. The number of rotatable bonds is 4. The molecule has 0 aliphatic carbocycles. The number of nitrogens with zero attached hydrogens (tertiary/aromatic N) is 2. The lowest BCUT2D eigenvalue weighted by atomic mass is 10.1. The summed E-state index contributed by atoms with van der Waals surface area (Å²) in [5.74, 6) is 0.166. The zero-order chi connectivity index (χ0) is 16.9. The molecular weight excluding hydrogens is 298 g/mol. The summed E-state index contributed by atoms with van der Waals surface area (Å²) in [5.41, 5.74) is 4.94. The molecule has 1 amide bonds. The highest BCUT2D eigenvalue weighted by Crippen LogP contribution is 2.23. The maximum atomic E-state index is 12.4. The minimum absolute atomic E-state index is 0.166. The van der Waals surface area contributed by atoms with Crippen LogP contribution < -0.4 is 10.2 Å². The summed E-state index contributed by atoms with van der Waals surface area (Å²) in [7, 11) is 0. The Morgan fingerprint density at radius 1 is 0.958 bits per heavy atom. The minimum atomic E-state index is 0.166. The van der Waals surface area contributed by atoms with Gasteiger partial charge >= 0.3 is 0 Å². The Labute approximate surface area is 144 Å². The van der Waals surface area contributed by atoms with Crippen LogP contribution in [0.5, 0.6) is 0 Å². The van der Waals surface area contributed by atoms with Crippen molar-refractivity contribution in [2.45, 2.75) is 13.8 Å². The molecule has 0 bridgehead atoms. The summed E-state index contributed by atoms with van der Waals surface area (Å²) in [6, 6.07) is 16.3. The number of nitrogens with one attached hydrogen (secondary N) is 1. The summed E-state index contributed by atoms with van der Waals surface area (Å²) in [4.78, 5) is 16.7. The van der Waals surface area contributed by atoms with Crippen molar-refractivity contribution >= 4 is 17.3 Å². The lowest BCUT2D eigenvalue weighted by Crippen LogP contribution is -2.50. The zero-order valence-electron chi connectivity index (χ0n) is 14.5. The molecule has 0 aromatic heterocycles. The molecule has 1 aliphatic heterocycles. The Morgan fingerprint density at radius 3 is 2.38 bits per heavy atom. The van der Waals surface area contributed by atoms with E-state index in [0.717, 1.165) is 31.9 Å². The Kier molecular flexibility index (Phi) is 5.04. The fraction of sp³-hybridized carbons (Fsp3) is 0.350. The topological polar surface area (TPSA) is 35.6 Å². The van der Waals surface area contributed by atoms with Gasteiger partial charge in [0, 0.05) is 37.6 Å². The van der Waals surface area contributed by atoms with Crippen LogP contribution in [-0.4, -0.2) is 43.5 Å². The quantitative estimate of drug-likeness (QED) is 0.939. The zero-order valence-corrected chi connectivity index (χ0v) is 14.5. The largest absolute Gasteiger partial charge is 0.376 e. The average molecular weight is 323 g/mol. The van der Waals surface area contributed by atoms with Gasteiger partial charge in [0.05, 0.1) is 6.54 Å². The van der Waals surface area contributed by atoms with Gasteiger partial charge in [0.25, 0.3) is 0 Å². The predicted molar refractivity (Wildman–Crippen MR) is 99.6 cm³/mol. The molecule has 0 radical (unpaired) electrons. The van der Waals surface area contributed by atoms with Crippen LogP contribution in [0.25, 0.3) is 0 Å². The minimum Gasteiger partial charge on any atom is -0.376 e. The number of hydrogen-bond acceptors (Lipinski definition) is 3. The number of carbonyl (C=O) groups excluding carboxylic acids is 1. The molecule has 0 unspecified atom stereocenters. The van der Waals surface area contributed by atoms with E-state index in [-0.39, 0.29) is 5.91 Å². The third kappa shape index (κ3) is 3.70. The summed E-state index contributed by atoms with van der Waals surface area (Å²) >= 11 is 0. The normalized spacial score (nSPS) is 14.6. The number of aryl methyl sites for hydroxylation is 1. The van der Waals surface area contributed by atoms with Crippen LogP contribution >= 0.6 is 0 Å². The van der Waals surface area contributed by atoms with Gasteiger partial charge in [0.2, 0.25) is 5.91 Å². The third-order valence-electron chi connectivity index (χ3n) is 4.77. The molecule has 1 N–H and O–H groups in total. The molecule has 126 valence electrons.